The molecule has 1 aromatic rings. The predicted octanol–water partition coefficient (Wildman–Crippen LogP) is 0.395. The number of rotatable bonds is 2. The van der Waals surface area contributed by atoms with Crippen molar-refractivity contribution in [3.05, 3.63) is 11.6 Å². The van der Waals surface area contributed by atoms with E-state index >= 15 is 0 Å². The summed E-state index contributed by atoms with van der Waals surface area (Å²) in [5.74, 6) is 3.15. The quantitative estimate of drug-likeness (QED) is 0.608. The molecule has 6 heteroatoms. The molecule has 6 nitrogen and oxygen atoms in total. The number of aryl methyl sites for hydroxylation is 1. The summed E-state index contributed by atoms with van der Waals surface area (Å²) >= 11 is 0. The summed E-state index contributed by atoms with van der Waals surface area (Å²) in [7, 11) is 1.84. The highest BCUT2D eigenvalue weighted by Crippen LogP contribution is 2.14. The van der Waals surface area contributed by atoms with Crippen LogP contribution in [0.3, 0.4) is 0 Å². The molecule has 3 heterocycles. The summed E-state index contributed by atoms with van der Waals surface area (Å²) < 4.78 is 2.23. The van der Waals surface area contributed by atoms with Gasteiger partial charge in [-0.15, -0.1) is 10.2 Å². The van der Waals surface area contributed by atoms with Crippen LogP contribution in [0.2, 0.25) is 0 Å². The molecule has 0 saturated carbocycles. The maximum atomic E-state index is 4.34. The fourth-order valence-corrected chi connectivity index (χ4v) is 2.76. The lowest BCUT2D eigenvalue weighted by atomic mass is 10.4. The van der Waals surface area contributed by atoms with Gasteiger partial charge in [-0.05, 0) is 19.3 Å². The first kappa shape index (κ1) is 11.5. The van der Waals surface area contributed by atoms with Crippen molar-refractivity contribution in [3.63, 3.8) is 0 Å². The van der Waals surface area contributed by atoms with Crippen molar-refractivity contribution in [2.24, 2.45) is 4.99 Å². The Morgan fingerprint density at radius 3 is 2.83 bits per heavy atom. The van der Waals surface area contributed by atoms with Crippen LogP contribution in [-0.4, -0.2) is 45.8 Å². The zero-order valence-electron chi connectivity index (χ0n) is 10.9. The standard InChI is InChI=1S/C12H20N6/c1-13-12(17-6-2-3-7-17)14-9-11-16-15-10-5-4-8-18(10)11/h2-9H2,1H3,(H,13,14). The van der Waals surface area contributed by atoms with E-state index in [1.807, 2.05) is 7.05 Å². The Labute approximate surface area is 107 Å². The minimum absolute atomic E-state index is 0.718. The lowest BCUT2D eigenvalue weighted by Gasteiger charge is -2.20. The molecule has 2 aliphatic rings. The minimum Gasteiger partial charge on any atom is -0.349 e. The van der Waals surface area contributed by atoms with Crippen molar-refractivity contribution in [2.45, 2.75) is 38.8 Å². The van der Waals surface area contributed by atoms with E-state index < -0.39 is 0 Å². The summed E-state index contributed by atoms with van der Waals surface area (Å²) in [6.07, 6.45) is 4.79. The van der Waals surface area contributed by atoms with Crippen LogP contribution in [0.1, 0.15) is 30.9 Å². The SMILES string of the molecule is CN=C(NCc1nnc2n1CCC2)N1CCCC1. The van der Waals surface area contributed by atoms with Crippen molar-refractivity contribution in [3.8, 4) is 0 Å². The number of fused-ring (bicyclic) bond motifs is 1. The molecular weight excluding hydrogens is 228 g/mol. The Morgan fingerprint density at radius 1 is 1.22 bits per heavy atom. The van der Waals surface area contributed by atoms with Gasteiger partial charge in [-0.25, -0.2) is 0 Å². The number of aromatic nitrogens is 3. The van der Waals surface area contributed by atoms with E-state index in [2.05, 4.69) is 30.0 Å². The average molecular weight is 248 g/mol. The van der Waals surface area contributed by atoms with Gasteiger partial charge in [-0.3, -0.25) is 4.99 Å². The highest BCUT2D eigenvalue weighted by atomic mass is 15.3. The molecule has 2 aliphatic heterocycles. The van der Waals surface area contributed by atoms with Gasteiger partial charge in [0.1, 0.15) is 5.82 Å². The number of nitrogens with zero attached hydrogens (tertiary/aromatic N) is 5. The van der Waals surface area contributed by atoms with Crippen LogP contribution in [0.5, 0.6) is 0 Å². The van der Waals surface area contributed by atoms with Crippen LogP contribution in [-0.2, 0) is 19.5 Å². The molecule has 0 bridgehead atoms. The summed E-state index contributed by atoms with van der Waals surface area (Å²) in [5.41, 5.74) is 0. The van der Waals surface area contributed by atoms with Gasteiger partial charge in [0.2, 0.25) is 0 Å². The molecular formula is C12H20N6. The molecule has 3 rings (SSSR count). The Bertz CT molecular complexity index is 443. The first-order chi connectivity index (χ1) is 8.88. The third-order valence-electron chi connectivity index (χ3n) is 3.71. The molecule has 1 N–H and O–H groups in total. The van der Waals surface area contributed by atoms with Crippen molar-refractivity contribution < 1.29 is 0 Å². The Kier molecular flexibility index (Phi) is 3.17. The van der Waals surface area contributed by atoms with E-state index in [-0.39, 0.29) is 0 Å². The van der Waals surface area contributed by atoms with E-state index in [4.69, 9.17) is 0 Å². The summed E-state index contributed by atoms with van der Waals surface area (Å²) in [6.45, 7) is 3.99. The highest BCUT2D eigenvalue weighted by molar-refractivity contribution is 5.79. The molecule has 1 aromatic heterocycles. The van der Waals surface area contributed by atoms with E-state index in [1.165, 1.54) is 19.3 Å². The molecule has 0 aliphatic carbocycles. The Hall–Kier alpha value is -1.59. The predicted molar refractivity (Wildman–Crippen MR) is 69.3 cm³/mol. The number of nitrogens with one attached hydrogen (secondary N) is 1. The second-order valence-corrected chi connectivity index (χ2v) is 4.88. The summed E-state index contributed by atoms with van der Waals surface area (Å²) in [5, 5.41) is 11.9. The van der Waals surface area contributed by atoms with Crippen molar-refractivity contribution in [2.75, 3.05) is 20.1 Å². The molecule has 1 saturated heterocycles. The summed E-state index contributed by atoms with van der Waals surface area (Å²) in [4.78, 5) is 6.64. The van der Waals surface area contributed by atoms with E-state index in [0.717, 1.165) is 50.2 Å². The maximum Gasteiger partial charge on any atom is 0.194 e. The monoisotopic (exact) mass is 248 g/mol. The molecule has 1 fully saturated rings. The molecule has 0 amide bonds. The minimum atomic E-state index is 0.718. The molecule has 98 valence electrons. The third-order valence-corrected chi connectivity index (χ3v) is 3.71. The normalized spacial score (nSPS) is 19.4. The van der Waals surface area contributed by atoms with Crippen LogP contribution in [0, 0.1) is 0 Å². The molecule has 0 atom stereocenters. The van der Waals surface area contributed by atoms with Crippen LogP contribution in [0.25, 0.3) is 0 Å². The van der Waals surface area contributed by atoms with Gasteiger partial charge >= 0.3 is 0 Å². The topological polar surface area (TPSA) is 58.3 Å². The van der Waals surface area contributed by atoms with Gasteiger partial charge in [0.25, 0.3) is 0 Å². The van der Waals surface area contributed by atoms with Crippen molar-refractivity contribution in [1.82, 2.24) is 25.0 Å². The van der Waals surface area contributed by atoms with Crippen molar-refractivity contribution >= 4 is 5.96 Å². The second-order valence-electron chi connectivity index (χ2n) is 4.88. The molecule has 18 heavy (non-hydrogen) atoms. The second kappa shape index (κ2) is 4.96. The fraction of sp³-hybridized carbons (Fsp3) is 0.750. The maximum absolute atomic E-state index is 4.34. The van der Waals surface area contributed by atoms with Crippen molar-refractivity contribution in [1.29, 1.82) is 0 Å². The van der Waals surface area contributed by atoms with Crippen LogP contribution >= 0.6 is 0 Å². The van der Waals surface area contributed by atoms with E-state index in [1.54, 1.807) is 0 Å². The molecule has 0 radical (unpaired) electrons. The van der Waals surface area contributed by atoms with Gasteiger partial charge in [0.15, 0.2) is 11.8 Å². The number of aliphatic imine (C=N–C) groups is 1. The van der Waals surface area contributed by atoms with Crippen LogP contribution < -0.4 is 5.32 Å². The zero-order chi connectivity index (χ0) is 12.4. The van der Waals surface area contributed by atoms with Gasteiger partial charge in [-0.1, -0.05) is 0 Å². The first-order valence-electron chi connectivity index (χ1n) is 6.75. The first-order valence-corrected chi connectivity index (χ1v) is 6.75. The van der Waals surface area contributed by atoms with E-state index in [0.29, 0.717) is 0 Å². The van der Waals surface area contributed by atoms with Crippen LogP contribution in [0.15, 0.2) is 4.99 Å². The Balaban J connectivity index is 1.62. The van der Waals surface area contributed by atoms with Crippen LogP contribution in [0.4, 0.5) is 0 Å². The number of hydrogen-bond acceptors (Lipinski definition) is 3. The third kappa shape index (κ3) is 2.07. The van der Waals surface area contributed by atoms with Gasteiger partial charge in [-0.2, -0.15) is 0 Å². The van der Waals surface area contributed by atoms with E-state index in [9.17, 15) is 0 Å². The number of hydrogen-bond donors (Lipinski definition) is 1. The summed E-state index contributed by atoms with van der Waals surface area (Å²) in [6, 6.07) is 0. The number of guanidine groups is 1. The lowest BCUT2D eigenvalue weighted by Crippen LogP contribution is -2.39. The molecule has 0 spiro atoms. The van der Waals surface area contributed by atoms with Gasteiger partial charge < -0.3 is 14.8 Å². The lowest BCUT2D eigenvalue weighted by molar-refractivity contribution is 0.490. The largest absolute Gasteiger partial charge is 0.349 e. The zero-order valence-corrected chi connectivity index (χ0v) is 10.9. The fourth-order valence-electron chi connectivity index (χ4n) is 2.76. The molecule has 0 unspecified atom stereocenters. The highest BCUT2D eigenvalue weighted by Gasteiger charge is 2.19. The Morgan fingerprint density at radius 2 is 2.06 bits per heavy atom. The molecule has 0 aromatic carbocycles. The average Bonchev–Trinajstić information content (AvgIpc) is 3.07. The smallest absolute Gasteiger partial charge is 0.194 e. The van der Waals surface area contributed by atoms with Gasteiger partial charge in [0.05, 0.1) is 6.54 Å². The number of likely N-dealkylation sites (tertiary alicyclic amines) is 1. The van der Waals surface area contributed by atoms with Gasteiger partial charge in [0, 0.05) is 33.1 Å².